The zero-order chi connectivity index (χ0) is 19.3. The first kappa shape index (κ1) is 17.4. The Bertz CT molecular complexity index is 985. The summed E-state index contributed by atoms with van der Waals surface area (Å²) in [5, 5.41) is 0. The van der Waals surface area contributed by atoms with Crippen LogP contribution in [0.1, 0.15) is 46.7 Å². The Kier molecular flexibility index (Phi) is 4.18. The molecule has 146 valence electrons. The summed E-state index contributed by atoms with van der Waals surface area (Å²) in [6, 6.07) is 4.13. The highest BCUT2D eigenvalue weighted by atomic mass is 16.2. The van der Waals surface area contributed by atoms with E-state index in [-0.39, 0.29) is 11.5 Å². The number of hydrogen-bond donors (Lipinski definition) is 1. The number of carbonyl (C=O) groups is 1. The summed E-state index contributed by atoms with van der Waals surface area (Å²) in [6.07, 6.45) is 6.55. The monoisotopic (exact) mass is 379 g/mol. The molecule has 5 rings (SSSR count). The maximum Gasteiger partial charge on any atom is 0.257 e. The number of H-pyrrole nitrogens is 1. The highest BCUT2D eigenvalue weighted by Gasteiger charge is 2.41. The number of fused-ring (bicyclic) bond motifs is 3. The van der Waals surface area contributed by atoms with Gasteiger partial charge in [0.15, 0.2) is 0 Å². The van der Waals surface area contributed by atoms with Gasteiger partial charge in [0.1, 0.15) is 11.6 Å². The number of aryl methyl sites for hydroxylation is 1. The summed E-state index contributed by atoms with van der Waals surface area (Å²) < 4.78 is 0. The molecule has 3 aliphatic rings. The highest BCUT2D eigenvalue weighted by molar-refractivity contribution is 5.99. The molecule has 7 heteroatoms. The molecule has 0 radical (unpaired) electrons. The zero-order valence-electron chi connectivity index (χ0n) is 16.1. The molecule has 2 aromatic heterocycles. The van der Waals surface area contributed by atoms with E-state index in [1.54, 1.807) is 6.20 Å². The lowest BCUT2D eigenvalue weighted by Gasteiger charge is -2.29. The van der Waals surface area contributed by atoms with Crippen LogP contribution in [-0.4, -0.2) is 51.4 Å². The van der Waals surface area contributed by atoms with Crippen LogP contribution in [0.4, 0.5) is 5.82 Å². The first-order valence-corrected chi connectivity index (χ1v) is 10.2. The molecule has 1 saturated carbocycles. The zero-order valence-corrected chi connectivity index (χ0v) is 16.1. The third-order valence-corrected chi connectivity index (χ3v) is 6.46. The number of likely N-dealkylation sites (tertiary alicyclic amines) is 1. The largest absolute Gasteiger partial charge is 0.355 e. The lowest BCUT2D eigenvalue weighted by molar-refractivity contribution is 0.0704. The molecule has 2 aromatic rings. The van der Waals surface area contributed by atoms with E-state index < -0.39 is 0 Å². The van der Waals surface area contributed by atoms with E-state index >= 15 is 0 Å². The van der Waals surface area contributed by atoms with Crippen molar-refractivity contribution in [3.05, 3.63) is 51.3 Å². The number of nitrogens with zero attached hydrogens (tertiary/aromatic N) is 4. The molecule has 0 aromatic carbocycles. The fraction of sp³-hybridized carbons (Fsp3) is 0.524. The number of aromatic nitrogens is 3. The SMILES string of the molecule is Cc1nc2c(c(=O)[nH]1)CCN(c1ncccc1C(=O)N1C[C@H]3CC[C@@H]1C3)CC2. The van der Waals surface area contributed by atoms with Crippen molar-refractivity contribution in [1.82, 2.24) is 19.9 Å². The molecule has 2 fully saturated rings. The van der Waals surface area contributed by atoms with Crippen LogP contribution >= 0.6 is 0 Å². The average molecular weight is 379 g/mol. The number of nitrogens with one attached hydrogen (secondary N) is 1. The van der Waals surface area contributed by atoms with Gasteiger partial charge in [-0.05, 0) is 50.7 Å². The number of pyridine rings is 1. The minimum absolute atomic E-state index is 0.0465. The van der Waals surface area contributed by atoms with Gasteiger partial charge in [-0.3, -0.25) is 9.59 Å². The topological polar surface area (TPSA) is 82.2 Å². The van der Waals surface area contributed by atoms with Crippen molar-refractivity contribution in [2.24, 2.45) is 5.92 Å². The summed E-state index contributed by atoms with van der Waals surface area (Å²) in [5.74, 6) is 2.15. The molecule has 2 aliphatic heterocycles. The molecule has 28 heavy (non-hydrogen) atoms. The molecule has 4 heterocycles. The highest BCUT2D eigenvalue weighted by Crippen LogP contribution is 2.38. The van der Waals surface area contributed by atoms with Crippen LogP contribution in [0.15, 0.2) is 23.1 Å². The Hall–Kier alpha value is -2.70. The molecule has 1 aliphatic carbocycles. The second kappa shape index (κ2) is 6.72. The van der Waals surface area contributed by atoms with Crippen molar-refractivity contribution >= 4 is 11.7 Å². The fourth-order valence-corrected chi connectivity index (χ4v) is 5.09. The summed E-state index contributed by atoms with van der Waals surface area (Å²) >= 11 is 0. The van der Waals surface area contributed by atoms with Crippen molar-refractivity contribution in [3.63, 3.8) is 0 Å². The molecule has 0 unspecified atom stereocenters. The number of carbonyl (C=O) groups excluding carboxylic acids is 1. The Labute approximate surface area is 163 Å². The van der Waals surface area contributed by atoms with Crippen molar-refractivity contribution in [2.75, 3.05) is 24.5 Å². The van der Waals surface area contributed by atoms with Crippen LogP contribution in [-0.2, 0) is 12.8 Å². The fourth-order valence-electron chi connectivity index (χ4n) is 5.09. The smallest absolute Gasteiger partial charge is 0.257 e. The van der Waals surface area contributed by atoms with E-state index in [9.17, 15) is 9.59 Å². The first-order valence-electron chi connectivity index (χ1n) is 10.2. The summed E-state index contributed by atoms with van der Waals surface area (Å²) in [4.78, 5) is 41.7. The number of rotatable bonds is 2. The molecule has 7 nitrogen and oxygen atoms in total. The number of anilines is 1. The van der Waals surface area contributed by atoms with Crippen LogP contribution in [0.2, 0.25) is 0 Å². The van der Waals surface area contributed by atoms with Crippen LogP contribution < -0.4 is 10.5 Å². The van der Waals surface area contributed by atoms with Gasteiger partial charge in [0.2, 0.25) is 0 Å². The second-order valence-corrected chi connectivity index (χ2v) is 8.23. The van der Waals surface area contributed by atoms with Gasteiger partial charge in [-0.1, -0.05) is 0 Å². The lowest BCUT2D eigenvalue weighted by atomic mass is 10.1. The Morgan fingerprint density at radius 2 is 2.11 bits per heavy atom. The molecular formula is C21H25N5O2. The number of aromatic amines is 1. The Balaban J connectivity index is 1.42. The lowest BCUT2D eigenvalue weighted by Crippen LogP contribution is -2.39. The van der Waals surface area contributed by atoms with Gasteiger partial charge in [0.05, 0.1) is 11.3 Å². The maximum absolute atomic E-state index is 13.3. The van der Waals surface area contributed by atoms with Gasteiger partial charge >= 0.3 is 0 Å². The van der Waals surface area contributed by atoms with Crippen LogP contribution in [0, 0.1) is 12.8 Å². The normalized spacial score (nSPS) is 23.6. The maximum atomic E-state index is 13.3. The van der Waals surface area contributed by atoms with Crippen molar-refractivity contribution < 1.29 is 4.79 Å². The first-order chi connectivity index (χ1) is 13.6. The van der Waals surface area contributed by atoms with Gasteiger partial charge in [-0.15, -0.1) is 0 Å². The molecule has 2 bridgehead atoms. The van der Waals surface area contributed by atoms with Gasteiger partial charge in [-0.25, -0.2) is 9.97 Å². The standard InChI is InChI=1S/C21H25N5O2/c1-13-23-18-7-10-25(9-6-16(18)20(27)24-13)19-17(3-2-8-22-19)21(28)26-12-14-4-5-15(26)11-14/h2-3,8,14-15H,4-7,9-12H2,1H3,(H,23,24,27)/t14-,15+/m0/s1. The molecule has 0 spiro atoms. The molecule has 1 saturated heterocycles. The summed E-state index contributed by atoms with van der Waals surface area (Å²) in [6.45, 7) is 4.04. The molecule has 1 amide bonds. The van der Waals surface area contributed by atoms with Crippen molar-refractivity contribution in [1.29, 1.82) is 0 Å². The molecule has 1 N–H and O–H groups in total. The number of amides is 1. The predicted molar refractivity (Wildman–Crippen MR) is 106 cm³/mol. The van der Waals surface area contributed by atoms with E-state index in [1.807, 2.05) is 19.1 Å². The van der Waals surface area contributed by atoms with Gasteiger partial charge < -0.3 is 14.8 Å². The minimum Gasteiger partial charge on any atom is -0.355 e. The van der Waals surface area contributed by atoms with Gasteiger partial charge in [0, 0.05) is 43.9 Å². The Morgan fingerprint density at radius 1 is 1.25 bits per heavy atom. The van der Waals surface area contributed by atoms with E-state index in [0.29, 0.717) is 49.3 Å². The number of piperidine rings is 1. The van der Waals surface area contributed by atoms with Crippen LogP contribution in [0.25, 0.3) is 0 Å². The van der Waals surface area contributed by atoms with Gasteiger partial charge in [0.25, 0.3) is 11.5 Å². The van der Waals surface area contributed by atoms with E-state index in [0.717, 1.165) is 36.5 Å². The average Bonchev–Trinajstić information content (AvgIpc) is 3.26. The molecule has 2 atom stereocenters. The number of hydrogen-bond acceptors (Lipinski definition) is 5. The quantitative estimate of drug-likeness (QED) is 0.859. The minimum atomic E-state index is -0.0465. The third-order valence-electron chi connectivity index (χ3n) is 6.46. The van der Waals surface area contributed by atoms with E-state index in [4.69, 9.17) is 0 Å². The second-order valence-electron chi connectivity index (χ2n) is 8.23. The van der Waals surface area contributed by atoms with Crippen molar-refractivity contribution in [2.45, 2.75) is 45.1 Å². The summed E-state index contributed by atoms with van der Waals surface area (Å²) in [5.41, 5.74) is 2.26. The van der Waals surface area contributed by atoms with Gasteiger partial charge in [-0.2, -0.15) is 0 Å². The van der Waals surface area contributed by atoms with Crippen molar-refractivity contribution in [3.8, 4) is 0 Å². The van der Waals surface area contributed by atoms with E-state index in [1.165, 1.54) is 6.42 Å². The summed E-state index contributed by atoms with van der Waals surface area (Å²) in [7, 11) is 0. The van der Waals surface area contributed by atoms with Crippen LogP contribution in [0.5, 0.6) is 0 Å². The van der Waals surface area contributed by atoms with Crippen LogP contribution in [0.3, 0.4) is 0 Å². The third kappa shape index (κ3) is 2.89. The van der Waals surface area contributed by atoms with E-state index in [2.05, 4.69) is 24.8 Å². The molecular weight excluding hydrogens is 354 g/mol. The Morgan fingerprint density at radius 3 is 2.89 bits per heavy atom. The predicted octanol–water partition coefficient (Wildman–Crippen LogP) is 1.70.